The molecule has 0 spiro atoms. The fourth-order valence-corrected chi connectivity index (χ4v) is 3.90. The van der Waals surface area contributed by atoms with Crippen molar-refractivity contribution in [3.63, 3.8) is 0 Å². The van der Waals surface area contributed by atoms with Crippen molar-refractivity contribution in [2.24, 2.45) is 7.05 Å². The molecule has 2 aromatic rings. The number of rotatable bonds is 2. The third-order valence-corrected chi connectivity index (χ3v) is 5.38. The van der Waals surface area contributed by atoms with E-state index in [1.807, 2.05) is 18.2 Å². The zero-order chi connectivity index (χ0) is 14.3. The van der Waals surface area contributed by atoms with Gasteiger partial charge in [0.25, 0.3) is 0 Å². The summed E-state index contributed by atoms with van der Waals surface area (Å²) in [5, 5.41) is 3.93. The van der Waals surface area contributed by atoms with Gasteiger partial charge in [-0.05, 0) is 23.6 Å². The minimum atomic E-state index is -3.49. The van der Waals surface area contributed by atoms with Crippen LogP contribution in [0.4, 0.5) is 5.69 Å². The predicted molar refractivity (Wildman–Crippen MR) is 75.4 cm³/mol. The summed E-state index contributed by atoms with van der Waals surface area (Å²) in [6.45, 7) is 0.802. The topological polar surface area (TPSA) is 81.2 Å². The van der Waals surface area contributed by atoms with Crippen LogP contribution in [0.3, 0.4) is 0 Å². The second-order valence-electron chi connectivity index (χ2n) is 4.92. The Bertz CT molecular complexity index is 751. The molecule has 0 saturated carbocycles. The highest BCUT2D eigenvalue weighted by Gasteiger charge is 2.29. The van der Waals surface area contributed by atoms with Gasteiger partial charge in [0.1, 0.15) is 4.90 Å². The van der Waals surface area contributed by atoms with Gasteiger partial charge in [0.15, 0.2) is 0 Å². The quantitative estimate of drug-likeness (QED) is 0.828. The number of nitrogens with two attached hydrogens (primary N) is 1. The molecule has 0 radical (unpaired) electrons. The molecule has 7 heteroatoms. The summed E-state index contributed by atoms with van der Waals surface area (Å²) in [4.78, 5) is 0.229. The van der Waals surface area contributed by atoms with Gasteiger partial charge in [-0.15, -0.1) is 0 Å². The SMILES string of the molecule is Cn1cc(S(=O)(=O)N2CCc3c(N)cccc3C2)cn1. The molecule has 0 atom stereocenters. The van der Waals surface area contributed by atoms with Gasteiger partial charge < -0.3 is 5.73 Å². The van der Waals surface area contributed by atoms with Crippen molar-refractivity contribution in [3.8, 4) is 0 Å². The third-order valence-electron chi connectivity index (χ3n) is 3.59. The zero-order valence-electron chi connectivity index (χ0n) is 11.2. The van der Waals surface area contributed by atoms with Crippen molar-refractivity contribution < 1.29 is 8.42 Å². The lowest BCUT2D eigenvalue weighted by molar-refractivity contribution is 0.392. The Balaban J connectivity index is 1.94. The van der Waals surface area contributed by atoms with E-state index in [4.69, 9.17) is 5.73 Å². The van der Waals surface area contributed by atoms with E-state index in [1.54, 1.807) is 7.05 Å². The summed E-state index contributed by atoms with van der Waals surface area (Å²) in [5.41, 5.74) is 8.70. The van der Waals surface area contributed by atoms with Crippen molar-refractivity contribution in [1.82, 2.24) is 14.1 Å². The minimum Gasteiger partial charge on any atom is -0.398 e. The second-order valence-corrected chi connectivity index (χ2v) is 6.86. The Labute approximate surface area is 117 Å². The first-order chi connectivity index (χ1) is 9.48. The monoisotopic (exact) mass is 292 g/mol. The van der Waals surface area contributed by atoms with E-state index in [9.17, 15) is 8.42 Å². The van der Waals surface area contributed by atoms with E-state index in [0.717, 1.165) is 16.8 Å². The van der Waals surface area contributed by atoms with Crippen molar-refractivity contribution in [2.75, 3.05) is 12.3 Å². The predicted octanol–water partition coefficient (Wildman–Crippen LogP) is 0.749. The molecule has 0 fully saturated rings. The fraction of sp³-hybridized carbons (Fsp3) is 0.308. The van der Waals surface area contributed by atoms with Gasteiger partial charge >= 0.3 is 0 Å². The lowest BCUT2D eigenvalue weighted by Crippen LogP contribution is -2.36. The number of hydrogen-bond donors (Lipinski definition) is 1. The van der Waals surface area contributed by atoms with Gasteiger partial charge in [-0.3, -0.25) is 4.68 Å². The smallest absolute Gasteiger partial charge is 0.246 e. The third kappa shape index (κ3) is 2.08. The molecular weight excluding hydrogens is 276 g/mol. The first-order valence-corrected chi connectivity index (χ1v) is 7.77. The van der Waals surface area contributed by atoms with Crippen molar-refractivity contribution in [1.29, 1.82) is 0 Å². The molecule has 1 aromatic carbocycles. The first kappa shape index (κ1) is 13.1. The van der Waals surface area contributed by atoms with Gasteiger partial charge in [0.2, 0.25) is 10.0 Å². The molecule has 6 nitrogen and oxygen atoms in total. The van der Waals surface area contributed by atoms with Gasteiger partial charge in [0, 0.05) is 32.0 Å². The normalized spacial score (nSPS) is 16.1. The van der Waals surface area contributed by atoms with Gasteiger partial charge in [0.05, 0.1) is 6.20 Å². The van der Waals surface area contributed by atoms with Crippen LogP contribution in [0.1, 0.15) is 11.1 Å². The number of fused-ring (bicyclic) bond motifs is 1. The van der Waals surface area contributed by atoms with E-state index >= 15 is 0 Å². The van der Waals surface area contributed by atoms with E-state index in [0.29, 0.717) is 19.5 Å². The van der Waals surface area contributed by atoms with Crippen LogP contribution in [0.15, 0.2) is 35.5 Å². The zero-order valence-corrected chi connectivity index (χ0v) is 12.0. The highest BCUT2D eigenvalue weighted by molar-refractivity contribution is 7.89. The largest absolute Gasteiger partial charge is 0.398 e. The average molecular weight is 292 g/mol. The minimum absolute atomic E-state index is 0.229. The molecule has 20 heavy (non-hydrogen) atoms. The van der Waals surface area contributed by atoms with Gasteiger partial charge in [-0.2, -0.15) is 9.40 Å². The summed E-state index contributed by atoms with van der Waals surface area (Å²) >= 11 is 0. The van der Waals surface area contributed by atoms with Crippen LogP contribution in [-0.2, 0) is 30.0 Å². The van der Waals surface area contributed by atoms with Crippen LogP contribution < -0.4 is 5.73 Å². The van der Waals surface area contributed by atoms with Crippen molar-refractivity contribution >= 4 is 15.7 Å². The van der Waals surface area contributed by atoms with Gasteiger partial charge in [-0.1, -0.05) is 12.1 Å². The highest BCUT2D eigenvalue weighted by Crippen LogP contribution is 2.27. The Morgan fingerprint density at radius 2 is 2.15 bits per heavy atom. The Morgan fingerprint density at radius 3 is 2.85 bits per heavy atom. The number of nitrogens with zero attached hydrogens (tertiary/aromatic N) is 3. The molecule has 0 unspecified atom stereocenters. The summed E-state index contributed by atoms with van der Waals surface area (Å²) in [6, 6.07) is 5.63. The molecule has 1 aliphatic rings. The molecule has 0 bridgehead atoms. The molecule has 2 heterocycles. The second kappa shape index (κ2) is 4.60. The number of nitrogen functional groups attached to an aromatic ring is 1. The molecule has 0 amide bonds. The van der Waals surface area contributed by atoms with Crippen LogP contribution in [0.5, 0.6) is 0 Å². The molecule has 1 aliphatic heterocycles. The van der Waals surface area contributed by atoms with Crippen LogP contribution in [-0.4, -0.2) is 29.0 Å². The van der Waals surface area contributed by atoms with Crippen LogP contribution in [0.2, 0.25) is 0 Å². The van der Waals surface area contributed by atoms with E-state index < -0.39 is 10.0 Å². The number of sulfonamides is 1. The van der Waals surface area contributed by atoms with Crippen LogP contribution in [0, 0.1) is 0 Å². The summed E-state index contributed by atoms with van der Waals surface area (Å²) in [5.74, 6) is 0. The Hall–Kier alpha value is -1.86. The van der Waals surface area contributed by atoms with E-state index in [1.165, 1.54) is 21.4 Å². The number of aromatic nitrogens is 2. The summed E-state index contributed by atoms with van der Waals surface area (Å²) in [6.07, 6.45) is 3.54. The molecule has 1 aromatic heterocycles. The lowest BCUT2D eigenvalue weighted by Gasteiger charge is -2.28. The number of hydrogen-bond acceptors (Lipinski definition) is 4. The molecule has 2 N–H and O–H groups in total. The van der Waals surface area contributed by atoms with Gasteiger partial charge in [-0.25, -0.2) is 8.42 Å². The maximum atomic E-state index is 12.5. The van der Waals surface area contributed by atoms with E-state index in [-0.39, 0.29) is 4.90 Å². The number of benzene rings is 1. The number of anilines is 1. The summed E-state index contributed by atoms with van der Waals surface area (Å²) in [7, 11) is -1.79. The molecule has 106 valence electrons. The maximum absolute atomic E-state index is 12.5. The van der Waals surface area contributed by atoms with Crippen molar-refractivity contribution in [2.45, 2.75) is 17.9 Å². The van der Waals surface area contributed by atoms with Crippen LogP contribution in [0.25, 0.3) is 0 Å². The molecule has 0 saturated heterocycles. The fourth-order valence-electron chi connectivity index (χ4n) is 2.50. The maximum Gasteiger partial charge on any atom is 0.246 e. The first-order valence-electron chi connectivity index (χ1n) is 6.33. The standard InChI is InChI=1S/C13H16N4O2S/c1-16-9-11(7-15-16)20(18,19)17-6-5-12-10(8-17)3-2-4-13(12)14/h2-4,7,9H,5-6,8,14H2,1H3. The molecule has 0 aliphatic carbocycles. The Morgan fingerprint density at radius 1 is 1.35 bits per heavy atom. The lowest BCUT2D eigenvalue weighted by atomic mass is 9.99. The molecule has 3 rings (SSSR count). The van der Waals surface area contributed by atoms with E-state index in [2.05, 4.69) is 5.10 Å². The summed E-state index contributed by atoms with van der Waals surface area (Å²) < 4.78 is 28.0. The highest BCUT2D eigenvalue weighted by atomic mass is 32.2. The van der Waals surface area contributed by atoms with Crippen molar-refractivity contribution in [3.05, 3.63) is 41.7 Å². The number of aryl methyl sites for hydroxylation is 1. The average Bonchev–Trinajstić information content (AvgIpc) is 2.86. The van der Waals surface area contributed by atoms with Crippen LogP contribution >= 0.6 is 0 Å². The molecular formula is C13H16N4O2S. The Kier molecular flexibility index (Phi) is 3.02.